The number of hydrogen-bond acceptors (Lipinski definition) is 2. The van der Waals surface area contributed by atoms with Gasteiger partial charge in [0.1, 0.15) is 0 Å². The molecule has 1 aliphatic rings. The molecular formula is C8H16N2O. The average molecular weight is 156 g/mol. The maximum atomic E-state index is 11.3. The molecule has 1 aliphatic carbocycles. The van der Waals surface area contributed by atoms with Gasteiger partial charge in [0.05, 0.1) is 0 Å². The summed E-state index contributed by atoms with van der Waals surface area (Å²) in [6.45, 7) is 3.61. The highest BCUT2D eigenvalue weighted by Gasteiger charge is 2.44. The lowest BCUT2D eigenvalue weighted by molar-refractivity contribution is -0.125. The maximum Gasteiger partial charge on any atom is 0.225 e. The first-order chi connectivity index (χ1) is 5.19. The zero-order chi connectivity index (χ0) is 8.32. The lowest BCUT2D eigenvalue weighted by atomic mass is 10.1. The normalized spacial score (nSPS) is 19.5. The van der Waals surface area contributed by atoms with Gasteiger partial charge >= 0.3 is 0 Å². The number of rotatable bonds is 4. The minimum absolute atomic E-state index is 0.0201. The molecule has 2 N–H and O–H groups in total. The number of likely N-dealkylation sites (N-methyl/N-ethyl adjacent to an activating group) is 1. The number of hydrogen-bond donors (Lipinski definition) is 2. The first kappa shape index (κ1) is 8.53. The Hall–Kier alpha value is -0.570. The van der Waals surface area contributed by atoms with Crippen molar-refractivity contribution in [2.75, 3.05) is 20.1 Å². The Morgan fingerprint density at radius 2 is 2.09 bits per heavy atom. The van der Waals surface area contributed by atoms with Crippen LogP contribution in [0.25, 0.3) is 0 Å². The highest BCUT2D eigenvalue weighted by atomic mass is 16.2. The molecule has 0 spiro atoms. The number of carbonyl (C=O) groups excluding carboxylic acids is 1. The van der Waals surface area contributed by atoms with Gasteiger partial charge in [-0.1, -0.05) is 6.92 Å². The van der Waals surface area contributed by atoms with Crippen molar-refractivity contribution in [3.8, 4) is 0 Å². The van der Waals surface area contributed by atoms with Crippen molar-refractivity contribution in [1.82, 2.24) is 10.6 Å². The van der Waals surface area contributed by atoms with Crippen LogP contribution in [0.15, 0.2) is 0 Å². The predicted molar refractivity (Wildman–Crippen MR) is 44.3 cm³/mol. The van der Waals surface area contributed by atoms with Crippen molar-refractivity contribution in [3.63, 3.8) is 0 Å². The van der Waals surface area contributed by atoms with Gasteiger partial charge in [-0.25, -0.2) is 0 Å². The Kier molecular flexibility index (Phi) is 2.49. The van der Waals surface area contributed by atoms with E-state index in [-0.39, 0.29) is 11.3 Å². The van der Waals surface area contributed by atoms with E-state index in [0.717, 1.165) is 25.9 Å². The fraction of sp³-hybridized carbons (Fsp3) is 0.875. The summed E-state index contributed by atoms with van der Waals surface area (Å²) in [7, 11) is 1.88. The summed E-state index contributed by atoms with van der Waals surface area (Å²) in [5.41, 5.74) is -0.0201. The van der Waals surface area contributed by atoms with E-state index in [9.17, 15) is 4.79 Å². The van der Waals surface area contributed by atoms with Crippen LogP contribution in [0.1, 0.15) is 19.8 Å². The van der Waals surface area contributed by atoms with Crippen molar-refractivity contribution in [2.45, 2.75) is 19.8 Å². The molecule has 0 saturated heterocycles. The van der Waals surface area contributed by atoms with Crippen LogP contribution in [0.2, 0.25) is 0 Å². The average Bonchev–Trinajstić information content (AvgIpc) is 2.70. The second-order valence-electron chi connectivity index (χ2n) is 3.42. The van der Waals surface area contributed by atoms with Gasteiger partial charge in [-0.05, 0) is 19.9 Å². The van der Waals surface area contributed by atoms with E-state index in [1.807, 2.05) is 14.0 Å². The van der Waals surface area contributed by atoms with Gasteiger partial charge in [0.2, 0.25) is 5.91 Å². The zero-order valence-corrected chi connectivity index (χ0v) is 7.24. The summed E-state index contributed by atoms with van der Waals surface area (Å²) in [5.74, 6) is 0.216. The van der Waals surface area contributed by atoms with Crippen LogP contribution in [0.4, 0.5) is 0 Å². The Morgan fingerprint density at radius 3 is 2.55 bits per heavy atom. The summed E-state index contributed by atoms with van der Waals surface area (Å²) >= 11 is 0. The molecule has 11 heavy (non-hydrogen) atoms. The lowest BCUT2D eigenvalue weighted by Crippen LogP contribution is -2.34. The summed E-state index contributed by atoms with van der Waals surface area (Å²) < 4.78 is 0. The third-order valence-electron chi connectivity index (χ3n) is 2.21. The van der Waals surface area contributed by atoms with E-state index in [1.165, 1.54) is 0 Å². The Balaban J connectivity index is 2.12. The lowest BCUT2D eigenvalue weighted by Gasteiger charge is -2.08. The largest absolute Gasteiger partial charge is 0.354 e. The summed E-state index contributed by atoms with van der Waals surface area (Å²) in [6.07, 6.45) is 2.11. The van der Waals surface area contributed by atoms with Crippen LogP contribution in [-0.4, -0.2) is 26.0 Å². The summed E-state index contributed by atoms with van der Waals surface area (Å²) in [4.78, 5) is 11.3. The molecule has 3 nitrogen and oxygen atoms in total. The molecule has 3 heteroatoms. The van der Waals surface area contributed by atoms with E-state index in [0.29, 0.717) is 0 Å². The van der Waals surface area contributed by atoms with Crippen LogP contribution in [0.3, 0.4) is 0 Å². The molecule has 1 rings (SSSR count). The highest BCUT2D eigenvalue weighted by molar-refractivity contribution is 5.84. The minimum atomic E-state index is -0.0201. The number of nitrogens with one attached hydrogen (secondary N) is 2. The quantitative estimate of drug-likeness (QED) is 0.568. The van der Waals surface area contributed by atoms with Crippen LogP contribution >= 0.6 is 0 Å². The second kappa shape index (κ2) is 3.22. The predicted octanol–water partition coefficient (Wildman–Crippen LogP) is 0.122. The van der Waals surface area contributed by atoms with Gasteiger partial charge in [-0.15, -0.1) is 0 Å². The van der Waals surface area contributed by atoms with E-state index in [4.69, 9.17) is 0 Å². The Morgan fingerprint density at radius 1 is 1.45 bits per heavy atom. The Bertz CT molecular complexity index is 152. The molecule has 0 bridgehead atoms. The van der Waals surface area contributed by atoms with Gasteiger partial charge < -0.3 is 10.6 Å². The van der Waals surface area contributed by atoms with E-state index in [1.54, 1.807) is 0 Å². The van der Waals surface area contributed by atoms with Gasteiger partial charge in [-0.2, -0.15) is 0 Å². The first-order valence-electron chi connectivity index (χ1n) is 4.12. The fourth-order valence-electron chi connectivity index (χ4n) is 0.929. The standard InChI is InChI=1S/C8H16N2O/c1-8(3-4-8)7(11)10-6-5-9-2/h9H,3-6H2,1-2H3,(H,10,11). The molecule has 0 aromatic rings. The smallest absolute Gasteiger partial charge is 0.225 e. The molecule has 0 unspecified atom stereocenters. The summed E-state index contributed by atoms with van der Waals surface area (Å²) in [6, 6.07) is 0. The molecular weight excluding hydrogens is 140 g/mol. The topological polar surface area (TPSA) is 41.1 Å². The Labute approximate surface area is 67.5 Å². The van der Waals surface area contributed by atoms with Crippen LogP contribution in [0, 0.1) is 5.41 Å². The van der Waals surface area contributed by atoms with Gasteiger partial charge in [0.15, 0.2) is 0 Å². The maximum absolute atomic E-state index is 11.3. The highest BCUT2D eigenvalue weighted by Crippen LogP contribution is 2.44. The molecule has 1 amide bonds. The van der Waals surface area contributed by atoms with E-state index in [2.05, 4.69) is 10.6 Å². The van der Waals surface area contributed by atoms with Crippen molar-refractivity contribution in [1.29, 1.82) is 0 Å². The van der Waals surface area contributed by atoms with Crippen molar-refractivity contribution in [3.05, 3.63) is 0 Å². The fourth-order valence-corrected chi connectivity index (χ4v) is 0.929. The molecule has 0 radical (unpaired) electrons. The number of amides is 1. The van der Waals surface area contributed by atoms with Crippen LogP contribution in [0.5, 0.6) is 0 Å². The molecule has 0 aromatic carbocycles. The number of carbonyl (C=O) groups is 1. The molecule has 0 heterocycles. The van der Waals surface area contributed by atoms with E-state index >= 15 is 0 Å². The SMILES string of the molecule is CNCCNC(=O)C1(C)CC1. The van der Waals surface area contributed by atoms with Gasteiger partial charge in [0.25, 0.3) is 0 Å². The van der Waals surface area contributed by atoms with Gasteiger partial charge in [-0.3, -0.25) is 4.79 Å². The summed E-state index contributed by atoms with van der Waals surface area (Å²) in [5, 5.41) is 5.86. The molecule has 0 aromatic heterocycles. The van der Waals surface area contributed by atoms with Crippen LogP contribution < -0.4 is 10.6 Å². The first-order valence-corrected chi connectivity index (χ1v) is 4.12. The van der Waals surface area contributed by atoms with Crippen LogP contribution in [-0.2, 0) is 4.79 Å². The van der Waals surface area contributed by atoms with Crippen molar-refractivity contribution in [2.24, 2.45) is 5.41 Å². The minimum Gasteiger partial charge on any atom is -0.354 e. The van der Waals surface area contributed by atoms with Crippen molar-refractivity contribution < 1.29 is 4.79 Å². The molecule has 0 atom stereocenters. The molecule has 0 aliphatic heterocycles. The molecule has 64 valence electrons. The molecule has 1 fully saturated rings. The zero-order valence-electron chi connectivity index (χ0n) is 7.24. The third-order valence-corrected chi connectivity index (χ3v) is 2.21. The second-order valence-corrected chi connectivity index (χ2v) is 3.42. The molecule has 1 saturated carbocycles. The third kappa shape index (κ3) is 2.19. The van der Waals surface area contributed by atoms with E-state index < -0.39 is 0 Å². The van der Waals surface area contributed by atoms with Gasteiger partial charge in [0, 0.05) is 18.5 Å². The van der Waals surface area contributed by atoms with Crippen molar-refractivity contribution >= 4 is 5.91 Å². The monoisotopic (exact) mass is 156 g/mol.